The van der Waals surface area contributed by atoms with Gasteiger partial charge in [0.15, 0.2) is 0 Å². The lowest BCUT2D eigenvalue weighted by molar-refractivity contribution is -0.117. The molecular weight excluding hydrogens is 369 g/mol. The van der Waals surface area contributed by atoms with Gasteiger partial charge in [0, 0.05) is 30.8 Å². The molecule has 0 fully saturated rings. The lowest BCUT2D eigenvalue weighted by Crippen LogP contribution is -2.41. The van der Waals surface area contributed by atoms with Gasteiger partial charge in [-0.1, -0.05) is 40.9 Å². The van der Waals surface area contributed by atoms with Crippen LogP contribution in [0.1, 0.15) is 5.56 Å². The Kier molecular flexibility index (Phi) is 7.33. The number of nitrogens with zero attached hydrogens (tertiary/aromatic N) is 3. The van der Waals surface area contributed by atoms with E-state index < -0.39 is 0 Å². The number of likely N-dealkylation sites (N-methyl/N-ethyl adjacent to an activating group) is 2. The Hall–Kier alpha value is -1.75. The van der Waals surface area contributed by atoms with Crippen molar-refractivity contribution in [3.8, 4) is 0 Å². The summed E-state index contributed by atoms with van der Waals surface area (Å²) < 4.78 is 0. The number of halogens is 2. The van der Waals surface area contributed by atoms with Gasteiger partial charge in [-0.05, 0) is 51.4 Å². The first-order valence-corrected chi connectivity index (χ1v) is 9.21. The number of aryl methyl sites for hydroxylation is 1. The number of anilines is 2. The molecule has 0 aliphatic carbocycles. The summed E-state index contributed by atoms with van der Waals surface area (Å²) in [6, 6.07) is 13.2. The van der Waals surface area contributed by atoms with Gasteiger partial charge < -0.3 is 14.7 Å². The summed E-state index contributed by atoms with van der Waals surface area (Å²) in [6.45, 7) is 3.71. The molecule has 2 aromatic carbocycles. The molecule has 140 valence electrons. The second kappa shape index (κ2) is 9.26. The van der Waals surface area contributed by atoms with Gasteiger partial charge in [-0.2, -0.15) is 0 Å². The Balaban J connectivity index is 2.21. The third kappa shape index (κ3) is 5.63. The molecule has 0 saturated heterocycles. The molecule has 0 aliphatic rings. The van der Waals surface area contributed by atoms with E-state index in [-0.39, 0.29) is 12.5 Å². The molecule has 0 saturated carbocycles. The van der Waals surface area contributed by atoms with Gasteiger partial charge in [0.05, 0.1) is 17.3 Å². The molecule has 6 heteroatoms. The van der Waals surface area contributed by atoms with Gasteiger partial charge in [0.2, 0.25) is 5.91 Å². The first-order chi connectivity index (χ1) is 12.3. The lowest BCUT2D eigenvalue weighted by atomic mass is 10.2. The van der Waals surface area contributed by atoms with E-state index in [4.69, 9.17) is 23.2 Å². The van der Waals surface area contributed by atoms with Gasteiger partial charge in [0.25, 0.3) is 0 Å². The zero-order valence-electron chi connectivity index (χ0n) is 15.7. The van der Waals surface area contributed by atoms with Crippen molar-refractivity contribution in [1.29, 1.82) is 0 Å². The minimum absolute atomic E-state index is 0.0105. The van der Waals surface area contributed by atoms with Crippen LogP contribution < -0.4 is 9.80 Å². The van der Waals surface area contributed by atoms with E-state index in [9.17, 15) is 4.79 Å². The van der Waals surface area contributed by atoms with Gasteiger partial charge in [-0.3, -0.25) is 4.79 Å². The SMILES string of the molecule is Cc1ccc(N(C)C(=O)CN(CCN(C)C)c2cc(Cl)ccc2Cl)cc1. The summed E-state index contributed by atoms with van der Waals surface area (Å²) in [7, 11) is 5.78. The average molecular weight is 394 g/mol. The second-order valence-corrected chi connectivity index (χ2v) is 7.45. The van der Waals surface area contributed by atoms with Crippen molar-refractivity contribution < 1.29 is 4.79 Å². The maximum absolute atomic E-state index is 12.8. The van der Waals surface area contributed by atoms with Crippen molar-refractivity contribution in [3.05, 3.63) is 58.1 Å². The minimum Gasteiger partial charge on any atom is -0.360 e. The topological polar surface area (TPSA) is 26.8 Å². The molecule has 2 aromatic rings. The van der Waals surface area contributed by atoms with Crippen LogP contribution in [-0.4, -0.2) is 51.6 Å². The molecule has 26 heavy (non-hydrogen) atoms. The van der Waals surface area contributed by atoms with Crippen LogP contribution in [0.2, 0.25) is 10.0 Å². The maximum Gasteiger partial charge on any atom is 0.246 e. The van der Waals surface area contributed by atoms with E-state index in [1.165, 1.54) is 0 Å². The minimum atomic E-state index is -0.0105. The van der Waals surface area contributed by atoms with Crippen LogP contribution in [0.5, 0.6) is 0 Å². The van der Waals surface area contributed by atoms with Crippen LogP contribution in [0.3, 0.4) is 0 Å². The zero-order chi connectivity index (χ0) is 19.3. The fourth-order valence-corrected chi connectivity index (χ4v) is 2.92. The molecule has 0 heterocycles. The van der Waals surface area contributed by atoms with E-state index >= 15 is 0 Å². The Bertz CT molecular complexity index is 747. The third-order valence-corrected chi connectivity index (χ3v) is 4.74. The van der Waals surface area contributed by atoms with Crippen LogP contribution in [-0.2, 0) is 4.79 Å². The van der Waals surface area contributed by atoms with Gasteiger partial charge in [0.1, 0.15) is 0 Å². The number of benzene rings is 2. The Morgan fingerprint density at radius 3 is 2.23 bits per heavy atom. The summed E-state index contributed by atoms with van der Waals surface area (Å²) in [5, 5.41) is 1.18. The van der Waals surface area contributed by atoms with Crippen molar-refractivity contribution in [2.24, 2.45) is 0 Å². The molecule has 0 aromatic heterocycles. The zero-order valence-corrected chi connectivity index (χ0v) is 17.2. The van der Waals surface area contributed by atoms with E-state index in [1.807, 2.05) is 50.2 Å². The van der Waals surface area contributed by atoms with Crippen LogP contribution in [0.4, 0.5) is 11.4 Å². The number of hydrogen-bond donors (Lipinski definition) is 0. The molecular formula is C20H25Cl2N3O. The number of hydrogen-bond acceptors (Lipinski definition) is 3. The van der Waals surface area contributed by atoms with E-state index in [1.54, 1.807) is 30.1 Å². The fraction of sp³-hybridized carbons (Fsp3) is 0.350. The molecule has 0 spiro atoms. The standard InChI is InChI=1S/C20H25Cl2N3O/c1-15-5-8-17(9-6-15)24(4)20(26)14-25(12-11-23(2)3)19-13-16(21)7-10-18(19)22/h5-10,13H,11-12,14H2,1-4H3. The van der Waals surface area contributed by atoms with Crippen LogP contribution >= 0.6 is 23.2 Å². The smallest absolute Gasteiger partial charge is 0.246 e. The normalized spacial score (nSPS) is 10.9. The van der Waals surface area contributed by atoms with Crippen LogP contribution in [0.15, 0.2) is 42.5 Å². The highest BCUT2D eigenvalue weighted by molar-refractivity contribution is 6.35. The van der Waals surface area contributed by atoms with Gasteiger partial charge in [-0.25, -0.2) is 0 Å². The molecule has 1 amide bonds. The highest BCUT2D eigenvalue weighted by Gasteiger charge is 2.18. The predicted octanol–water partition coefficient (Wildman–Crippen LogP) is 4.33. The van der Waals surface area contributed by atoms with Gasteiger partial charge in [-0.15, -0.1) is 0 Å². The highest BCUT2D eigenvalue weighted by Crippen LogP contribution is 2.29. The van der Waals surface area contributed by atoms with Gasteiger partial charge >= 0.3 is 0 Å². The third-order valence-electron chi connectivity index (χ3n) is 4.19. The monoisotopic (exact) mass is 393 g/mol. The van der Waals surface area contributed by atoms with Crippen molar-refractivity contribution in [3.63, 3.8) is 0 Å². The first kappa shape index (κ1) is 20.6. The van der Waals surface area contributed by atoms with E-state index in [2.05, 4.69) is 4.90 Å². The maximum atomic E-state index is 12.8. The summed E-state index contributed by atoms with van der Waals surface area (Å²) >= 11 is 12.5. The molecule has 2 rings (SSSR count). The van der Waals surface area contributed by atoms with Crippen LogP contribution in [0.25, 0.3) is 0 Å². The Morgan fingerprint density at radius 2 is 1.62 bits per heavy atom. The molecule has 0 aliphatic heterocycles. The summed E-state index contributed by atoms with van der Waals surface area (Å²) in [5.74, 6) is -0.0105. The van der Waals surface area contributed by atoms with Crippen LogP contribution in [0, 0.1) is 6.92 Å². The van der Waals surface area contributed by atoms with Crippen molar-refractivity contribution in [2.45, 2.75) is 6.92 Å². The molecule has 0 unspecified atom stereocenters. The number of rotatable bonds is 7. The first-order valence-electron chi connectivity index (χ1n) is 8.46. The molecule has 0 atom stereocenters. The Morgan fingerprint density at radius 1 is 0.962 bits per heavy atom. The van der Waals surface area contributed by atoms with Crippen molar-refractivity contribution in [2.75, 3.05) is 50.6 Å². The fourth-order valence-electron chi connectivity index (χ4n) is 2.52. The summed E-state index contributed by atoms with van der Waals surface area (Å²) in [6.07, 6.45) is 0. The van der Waals surface area contributed by atoms with Crippen molar-refractivity contribution in [1.82, 2.24) is 4.90 Å². The quantitative estimate of drug-likeness (QED) is 0.699. The highest BCUT2D eigenvalue weighted by atomic mass is 35.5. The van der Waals surface area contributed by atoms with E-state index in [0.29, 0.717) is 16.6 Å². The summed E-state index contributed by atoms with van der Waals surface area (Å²) in [4.78, 5) is 18.6. The predicted molar refractivity (Wildman–Crippen MR) is 112 cm³/mol. The lowest BCUT2D eigenvalue weighted by Gasteiger charge is -2.29. The van der Waals surface area contributed by atoms with Crippen molar-refractivity contribution >= 4 is 40.5 Å². The molecule has 0 bridgehead atoms. The molecule has 0 N–H and O–H groups in total. The summed E-state index contributed by atoms with van der Waals surface area (Å²) in [5.41, 5.74) is 2.80. The number of carbonyl (C=O) groups excluding carboxylic acids is 1. The largest absolute Gasteiger partial charge is 0.360 e. The number of amides is 1. The molecule has 4 nitrogen and oxygen atoms in total. The van der Waals surface area contributed by atoms with E-state index in [0.717, 1.165) is 23.5 Å². The Labute approximate surface area is 165 Å². The number of carbonyl (C=O) groups is 1. The average Bonchev–Trinajstić information content (AvgIpc) is 2.60. The molecule has 0 radical (unpaired) electrons. The second-order valence-electron chi connectivity index (χ2n) is 6.61.